The molecule has 0 unspecified atom stereocenters. The Morgan fingerprint density at radius 2 is 2.50 bits per heavy atom. The highest BCUT2D eigenvalue weighted by atomic mass is 32.1. The van der Waals surface area contributed by atoms with Crippen molar-refractivity contribution in [2.24, 2.45) is 10.8 Å². The van der Waals surface area contributed by atoms with E-state index in [0.717, 1.165) is 5.56 Å². The Bertz CT molecular complexity index is 439. The van der Waals surface area contributed by atoms with Crippen molar-refractivity contribution in [3.8, 4) is 11.8 Å². The van der Waals surface area contributed by atoms with Crippen molar-refractivity contribution in [3.05, 3.63) is 29.8 Å². The summed E-state index contributed by atoms with van der Waals surface area (Å²) in [6.45, 7) is 0.0196. The van der Waals surface area contributed by atoms with Crippen LogP contribution in [-0.2, 0) is 0 Å². The third kappa shape index (κ3) is 4.39. The maximum absolute atomic E-state index is 8.36. The van der Waals surface area contributed by atoms with Gasteiger partial charge in [-0.05, 0) is 29.9 Å². The number of hydrogen-bond donors (Lipinski definition) is 2. The number of benzene rings is 1. The molecule has 5 nitrogen and oxygen atoms in total. The molecule has 3 N–H and O–H groups in total. The first-order valence-corrected chi connectivity index (χ1v) is 4.81. The molecule has 1 aromatic rings. The molecular formula is C10H10N4OS. The second-order valence-corrected chi connectivity index (χ2v) is 3.19. The lowest BCUT2D eigenvalue weighted by Crippen LogP contribution is -2.23. The van der Waals surface area contributed by atoms with Crippen LogP contribution in [0, 0.1) is 11.3 Å². The van der Waals surface area contributed by atoms with Crippen LogP contribution >= 0.6 is 12.2 Å². The summed E-state index contributed by atoms with van der Waals surface area (Å²) < 4.78 is 5.13. The summed E-state index contributed by atoms with van der Waals surface area (Å²) in [6, 6.07) is 9.04. The molecule has 0 aliphatic carbocycles. The van der Waals surface area contributed by atoms with Crippen LogP contribution < -0.4 is 15.9 Å². The van der Waals surface area contributed by atoms with Gasteiger partial charge in [-0.3, -0.25) is 5.43 Å². The summed E-state index contributed by atoms with van der Waals surface area (Å²) in [6.07, 6.45) is 1.55. The van der Waals surface area contributed by atoms with Gasteiger partial charge in [0.05, 0.1) is 6.21 Å². The molecule has 0 aliphatic rings. The molecule has 1 rings (SSSR count). The second kappa shape index (κ2) is 6.37. The summed E-state index contributed by atoms with van der Waals surface area (Å²) in [5.74, 6) is 0.612. The summed E-state index contributed by atoms with van der Waals surface area (Å²) in [7, 11) is 0. The zero-order valence-corrected chi connectivity index (χ0v) is 9.20. The molecule has 0 spiro atoms. The fourth-order valence-corrected chi connectivity index (χ4v) is 1.02. The van der Waals surface area contributed by atoms with E-state index in [-0.39, 0.29) is 11.7 Å². The van der Waals surface area contributed by atoms with Crippen LogP contribution in [-0.4, -0.2) is 17.9 Å². The maximum Gasteiger partial charge on any atom is 0.184 e. The molecule has 0 aliphatic heterocycles. The summed E-state index contributed by atoms with van der Waals surface area (Å²) >= 11 is 4.59. The van der Waals surface area contributed by atoms with Gasteiger partial charge in [-0.1, -0.05) is 12.1 Å². The molecule has 0 bridgehead atoms. The molecule has 82 valence electrons. The van der Waals surface area contributed by atoms with Crippen LogP contribution in [0.15, 0.2) is 29.4 Å². The van der Waals surface area contributed by atoms with E-state index < -0.39 is 0 Å². The molecule has 0 saturated heterocycles. The minimum Gasteiger partial charge on any atom is -0.479 e. The predicted octanol–water partition coefficient (Wildman–Crippen LogP) is 0.756. The van der Waals surface area contributed by atoms with Crippen molar-refractivity contribution in [3.63, 3.8) is 0 Å². The number of hydrazone groups is 1. The lowest BCUT2D eigenvalue weighted by molar-refractivity contribution is 0.368. The topological polar surface area (TPSA) is 83.4 Å². The Balaban J connectivity index is 2.64. The number of nitrogens with two attached hydrogens (primary N) is 1. The Morgan fingerprint density at radius 1 is 1.69 bits per heavy atom. The molecule has 0 amide bonds. The van der Waals surface area contributed by atoms with Crippen LogP contribution in [0.5, 0.6) is 5.75 Å². The van der Waals surface area contributed by atoms with Gasteiger partial charge >= 0.3 is 0 Å². The monoisotopic (exact) mass is 234 g/mol. The first-order chi connectivity index (χ1) is 7.72. The van der Waals surface area contributed by atoms with Crippen LogP contribution in [0.3, 0.4) is 0 Å². The number of nitrogens with one attached hydrogen (secondary N) is 1. The molecule has 0 aromatic heterocycles. The highest BCUT2D eigenvalue weighted by Gasteiger charge is 1.94. The average molecular weight is 234 g/mol. The third-order valence-electron chi connectivity index (χ3n) is 1.55. The zero-order valence-electron chi connectivity index (χ0n) is 8.38. The van der Waals surface area contributed by atoms with Crippen molar-refractivity contribution in [1.29, 1.82) is 5.26 Å². The Kier molecular flexibility index (Phi) is 4.76. The number of thiocarbonyl (C=S) groups is 1. The molecule has 6 heteroatoms. The minimum atomic E-state index is 0.0196. The largest absolute Gasteiger partial charge is 0.479 e. The van der Waals surface area contributed by atoms with E-state index in [2.05, 4.69) is 22.7 Å². The van der Waals surface area contributed by atoms with E-state index >= 15 is 0 Å². The highest BCUT2D eigenvalue weighted by molar-refractivity contribution is 7.80. The zero-order chi connectivity index (χ0) is 11.8. The molecular weight excluding hydrogens is 224 g/mol. The lowest BCUT2D eigenvalue weighted by Gasteiger charge is -2.01. The predicted molar refractivity (Wildman–Crippen MR) is 65.1 cm³/mol. The number of ether oxygens (including phenoxy) is 1. The van der Waals surface area contributed by atoms with Gasteiger partial charge in [-0.25, -0.2) is 0 Å². The fourth-order valence-electron chi connectivity index (χ4n) is 0.971. The molecule has 0 saturated carbocycles. The van der Waals surface area contributed by atoms with E-state index in [1.807, 2.05) is 12.1 Å². The van der Waals surface area contributed by atoms with Gasteiger partial charge < -0.3 is 10.5 Å². The lowest BCUT2D eigenvalue weighted by atomic mass is 10.2. The van der Waals surface area contributed by atoms with Crippen molar-refractivity contribution in [2.75, 3.05) is 6.61 Å². The van der Waals surface area contributed by atoms with E-state index in [0.29, 0.717) is 5.75 Å². The second-order valence-electron chi connectivity index (χ2n) is 2.75. The van der Waals surface area contributed by atoms with Gasteiger partial charge in [-0.2, -0.15) is 10.4 Å². The number of hydrogen-bond acceptors (Lipinski definition) is 4. The van der Waals surface area contributed by atoms with Gasteiger partial charge in [0.2, 0.25) is 0 Å². The van der Waals surface area contributed by atoms with Crippen LogP contribution in [0.25, 0.3) is 0 Å². The molecule has 1 aromatic carbocycles. The summed E-state index contributed by atoms with van der Waals surface area (Å²) in [4.78, 5) is 0. The first-order valence-electron chi connectivity index (χ1n) is 4.40. The third-order valence-corrected chi connectivity index (χ3v) is 1.64. The van der Waals surface area contributed by atoms with Gasteiger partial charge in [0.1, 0.15) is 11.8 Å². The minimum absolute atomic E-state index is 0.0196. The van der Waals surface area contributed by atoms with Gasteiger partial charge in [-0.15, -0.1) is 0 Å². The van der Waals surface area contributed by atoms with Crippen molar-refractivity contribution in [2.45, 2.75) is 0 Å². The molecule has 0 atom stereocenters. The maximum atomic E-state index is 8.36. The highest BCUT2D eigenvalue weighted by Crippen LogP contribution is 2.11. The number of rotatable bonds is 4. The summed E-state index contributed by atoms with van der Waals surface area (Å²) in [5, 5.41) is 12.3. The number of nitriles is 1. The van der Waals surface area contributed by atoms with Gasteiger partial charge in [0.15, 0.2) is 11.7 Å². The van der Waals surface area contributed by atoms with E-state index in [1.54, 1.807) is 24.4 Å². The molecule has 0 heterocycles. The fraction of sp³-hybridized carbons (Fsp3) is 0.100. The number of nitrogens with zero attached hydrogens (tertiary/aromatic N) is 2. The molecule has 16 heavy (non-hydrogen) atoms. The SMILES string of the molecule is N#CCOc1cccc(C=NNC(N)=S)c1. The Hall–Kier alpha value is -2.13. The molecule has 0 radical (unpaired) electrons. The van der Waals surface area contributed by atoms with Crippen LogP contribution in [0.1, 0.15) is 5.56 Å². The Labute approximate surface area is 98.5 Å². The molecule has 0 fully saturated rings. The quantitative estimate of drug-likeness (QED) is 0.456. The van der Waals surface area contributed by atoms with E-state index in [4.69, 9.17) is 15.7 Å². The Morgan fingerprint density at radius 3 is 3.19 bits per heavy atom. The van der Waals surface area contributed by atoms with Gasteiger partial charge in [0.25, 0.3) is 0 Å². The smallest absolute Gasteiger partial charge is 0.184 e. The van der Waals surface area contributed by atoms with Crippen molar-refractivity contribution in [1.82, 2.24) is 5.43 Å². The van der Waals surface area contributed by atoms with Crippen molar-refractivity contribution >= 4 is 23.5 Å². The van der Waals surface area contributed by atoms with Crippen LogP contribution in [0.4, 0.5) is 0 Å². The standard InChI is InChI=1S/C10H10N4OS/c11-4-5-15-9-3-1-2-8(6-9)7-13-14-10(12)16/h1-3,6-7H,5H2,(H3,12,14,16). The van der Waals surface area contributed by atoms with Gasteiger partial charge in [0, 0.05) is 0 Å². The average Bonchev–Trinajstić information content (AvgIpc) is 2.26. The first kappa shape index (κ1) is 11.9. The normalized spacial score (nSPS) is 9.69. The summed E-state index contributed by atoms with van der Waals surface area (Å²) in [5.41, 5.74) is 8.46. The van der Waals surface area contributed by atoms with E-state index in [9.17, 15) is 0 Å². The van der Waals surface area contributed by atoms with Crippen molar-refractivity contribution < 1.29 is 4.74 Å². The van der Waals surface area contributed by atoms with E-state index in [1.165, 1.54) is 0 Å². The van der Waals surface area contributed by atoms with Crippen LogP contribution in [0.2, 0.25) is 0 Å².